The monoisotopic (exact) mass is 467 g/mol. The molecule has 2 heterocycles. The number of ether oxygens (including phenoxy) is 3. The van der Waals surface area contributed by atoms with E-state index in [1.165, 1.54) is 11.3 Å². The number of thiazole rings is 1. The molecule has 0 bridgehead atoms. The predicted octanol–water partition coefficient (Wildman–Crippen LogP) is 3.37. The first kappa shape index (κ1) is 22.6. The third-order valence-corrected chi connectivity index (χ3v) is 6.12. The van der Waals surface area contributed by atoms with Crippen LogP contribution in [0, 0.1) is 6.92 Å². The number of benzene rings is 2. The maximum absolute atomic E-state index is 12.6. The Morgan fingerprint density at radius 1 is 1.18 bits per heavy atom. The van der Waals surface area contributed by atoms with Gasteiger partial charge in [0.15, 0.2) is 18.1 Å². The van der Waals surface area contributed by atoms with Crippen molar-refractivity contribution in [2.45, 2.75) is 19.9 Å². The highest BCUT2D eigenvalue weighted by atomic mass is 32.1. The highest BCUT2D eigenvalue weighted by Crippen LogP contribution is 2.34. The van der Waals surface area contributed by atoms with Crippen LogP contribution >= 0.6 is 11.3 Å². The van der Waals surface area contributed by atoms with Crippen molar-refractivity contribution >= 4 is 28.8 Å². The number of anilines is 1. The van der Waals surface area contributed by atoms with Crippen molar-refractivity contribution < 1.29 is 23.8 Å². The van der Waals surface area contributed by atoms with E-state index in [-0.39, 0.29) is 18.4 Å². The lowest BCUT2D eigenvalue weighted by molar-refractivity contribution is -0.121. The zero-order valence-electron chi connectivity index (χ0n) is 18.7. The summed E-state index contributed by atoms with van der Waals surface area (Å²) in [5.41, 5.74) is 3.12. The van der Waals surface area contributed by atoms with Crippen LogP contribution in [0.4, 0.5) is 5.69 Å². The topological polar surface area (TPSA) is 90.0 Å². The summed E-state index contributed by atoms with van der Waals surface area (Å²) in [6.07, 6.45) is 0.640. The third-order valence-electron chi connectivity index (χ3n) is 5.28. The standard InChI is InChI=1S/C24H25N3O5S/c1-15-4-6-19-18(10-15)27(23(28)13-32-19)12-22-26-17(14-33-22)24(29)25-9-8-16-5-7-20(30-2)21(11-16)31-3/h4-7,10-11,14H,8-9,12-13H2,1-3H3,(H,25,29). The molecular weight excluding hydrogens is 442 g/mol. The van der Waals surface area contributed by atoms with Crippen molar-refractivity contribution in [3.63, 3.8) is 0 Å². The maximum atomic E-state index is 12.6. The normalized spacial score (nSPS) is 12.7. The number of fused-ring (bicyclic) bond motifs is 1. The molecule has 1 aliphatic heterocycles. The molecule has 0 aliphatic carbocycles. The summed E-state index contributed by atoms with van der Waals surface area (Å²) in [5.74, 6) is 1.60. The molecule has 0 atom stereocenters. The van der Waals surface area contributed by atoms with Gasteiger partial charge in [0.2, 0.25) is 0 Å². The second-order valence-electron chi connectivity index (χ2n) is 7.56. The van der Waals surface area contributed by atoms with E-state index in [2.05, 4.69) is 10.3 Å². The minimum atomic E-state index is -0.248. The van der Waals surface area contributed by atoms with Gasteiger partial charge in [-0.1, -0.05) is 12.1 Å². The molecule has 0 radical (unpaired) electrons. The molecular formula is C24H25N3O5S. The van der Waals surface area contributed by atoms with Crippen molar-refractivity contribution in [1.82, 2.24) is 10.3 Å². The number of carbonyl (C=O) groups excluding carboxylic acids is 2. The molecule has 0 unspecified atom stereocenters. The van der Waals surface area contributed by atoms with E-state index in [4.69, 9.17) is 14.2 Å². The van der Waals surface area contributed by atoms with Gasteiger partial charge in [-0.05, 0) is 48.7 Å². The Hall–Kier alpha value is -3.59. The summed E-state index contributed by atoms with van der Waals surface area (Å²) in [7, 11) is 3.18. The van der Waals surface area contributed by atoms with Crippen molar-refractivity contribution in [2.75, 3.05) is 32.3 Å². The second kappa shape index (κ2) is 9.91. The maximum Gasteiger partial charge on any atom is 0.270 e. The number of amides is 2. The smallest absolute Gasteiger partial charge is 0.270 e. The number of hydrogen-bond donors (Lipinski definition) is 1. The molecule has 0 fully saturated rings. The van der Waals surface area contributed by atoms with E-state index in [1.54, 1.807) is 24.5 Å². The molecule has 9 heteroatoms. The number of carbonyl (C=O) groups is 2. The van der Waals surface area contributed by atoms with Crippen molar-refractivity contribution in [3.05, 3.63) is 63.6 Å². The Labute approximate surface area is 196 Å². The van der Waals surface area contributed by atoms with Crippen LogP contribution in [0.3, 0.4) is 0 Å². The van der Waals surface area contributed by atoms with Crippen LogP contribution in [0.5, 0.6) is 17.2 Å². The van der Waals surface area contributed by atoms with Gasteiger partial charge in [-0.25, -0.2) is 4.98 Å². The second-order valence-corrected chi connectivity index (χ2v) is 8.50. The number of nitrogens with zero attached hydrogens (tertiary/aromatic N) is 2. The summed E-state index contributed by atoms with van der Waals surface area (Å²) >= 11 is 1.35. The van der Waals surface area contributed by atoms with Crippen molar-refractivity contribution in [2.24, 2.45) is 0 Å². The van der Waals surface area contributed by atoms with Crippen LogP contribution in [0.15, 0.2) is 41.8 Å². The lowest BCUT2D eigenvalue weighted by Crippen LogP contribution is -2.38. The Morgan fingerprint density at radius 2 is 2.00 bits per heavy atom. The van der Waals surface area contributed by atoms with Gasteiger partial charge in [-0.15, -0.1) is 11.3 Å². The highest BCUT2D eigenvalue weighted by Gasteiger charge is 2.27. The molecule has 2 aromatic carbocycles. The molecule has 3 aromatic rings. The Kier molecular flexibility index (Phi) is 6.79. The van der Waals surface area contributed by atoms with Gasteiger partial charge in [0, 0.05) is 11.9 Å². The summed E-state index contributed by atoms with van der Waals surface area (Å²) in [6.45, 7) is 2.70. The fraction of sp³-hybridized carbons (Fsp3) is 0.292. The number of aromatic nitrogens is 1. The summed E-state index contributed by atoms with van der Waals surface area (Å²) < 4.78 is 16.1. The molecule has 1 N–H and O–H groups in total. The molecule has 0 saturated heterocycles. The molecule has 0 saturated carbocycles. The van der Waals surface area contributed by atoms with E-state index in [9.17, 15) is 9.59 Å². The van der Waals surface area contributed by atoms with Gasteiger partial charge in [0.1, 0.15) is 16.5 Å². The lowest BCUT2D eigenvalue weighted by atomic mass is 10.1. The van der Waals surface area contributed by atoms with Crippen LogP contribution in [-0.4, -0.2) is 44.2 Å². The van der Waals surface area contributed by atoms with E-state index in [0.29, 0.717) is 47.5 Å². The SMILES string of the molecule is COc1ccc(CCNC(=O)c2csc(CN3C(=O)COc4ccc(C)cc43)n2)cc1OC. The minimum Gasteiger partial charge on any atom is -0.493 e. The first-order valence-electron chi connectivity index (χ1n) is 10.5. The van der Waals surface area contributed by atoms with Gasteiger partial charge < -0.3 is 19.5 Å². The molecule has 33 heavy (non-hydrogen) atoms. The van der Waals surface area contributed by atoms with Crippen LogP contribution < -0.4 is 24.4 Å². The fourth-order valence-corrected chi connectivity index (χ4v) is 4.32. The first-order valence-corrected chi connectivity index (χ1v) is 11.3. The summed E-state index contributed by atoms with van der Waals surface area (Å²) in [4.78, 5) is 31.1. The Bertz CT molecular complexity index is 1180. The van der Waals surface area contributed by atoms with Crippen LogP contribution in [0.25, 0.3) is 0 Å². The minimum absolute atomic E-state index is 0.00900. The number of hydrogen-bond acceptors (Lipinski definition) is 7. The summed E-state index contributed by atoms with van der Waals surface area (Å²) in [5, 5.41) is 5.29. The predicted molar refractivity (Wildman–Crippen MR) is 126 cm³/mol. The fourth-order valence-electron chi connectivity index (χ4n) is 3.56. The van der Waals surface area contributed by atoms with Crippen molar-refractivity contribution in [1.29, 1.82) is 0 Å². The number of methoxy groups -OCH3 is 2. The number of nitrogens with one attached hydrogen (secondary N) is 1. The van der Waals surface area contributed by atoms with Crippen molar-refractivity contribution in [3.8, 4) is 17.2 Å². The van der Waals surface area contributed by atoms with Gasteiger partial charge in [-0.3, -0.25) is 14.5 Å². The van der Waals surface area contributed by atoms with Gasteiger partial charge >= 0.3 is 0 Å². The van der Waals surface area contributed by atoms with Crippen LogP contribution in [-0.2, 0) is 17.8 Å². The zero-order chi connectivity index (χ0) is 23.4. The molecule has 1 aromatic heterocycles. The largest absolute Gasteiger partial charge is 0.493 e. The summed E-state index contributed by atoms with van der Waals surface area (Å²) in [6, 6.07) is 11.4. The molecule has 8 nitrogen and oxygen atoms in total. The third kappa shape index (κ3) is 5.09. The quantitative estimate of drug-likeness (QED) is 0.546. The molecule has 1 aliphatic rings. The van der Waals surface area contributed by atoms with Gasteiger partial charge in [-0.2, -0.15) is 0 Å². The molecule has 4 rings (SSSR count). The van der Waals surface area contributed by atoms with Crippen LogP contribution in [0.1, 0.15) is 26.6 Å². The van der Waals surface area contributed by atoms with Gasteiger partial charge in [0.25, 0.3) is 11.8 Å². The Morgan fingerprint density at radius 3 is 2.79 bits per heavy atom. The Balaban J connectivity index is 1.36. The molecule has 172 valence electrons. The van der Waals surface area contributed by atoms with E-state index >= 15 is 0 Å². The zero-order valence-corrected chi connectivity index (χ0v) is 19.5. The first-order chi connectivity index (χ1) is 16.0. The van der Waals surface area contributed by atoms with Gasteiger partial charge in [0.05, 0.1) is 26.5 Å². The van der Waals surface area contributed by atoms with Crippen LogP contribution in [0.2, 0.25) is 0 Å². The van der Waals surface area contributed by atoms with E-state index < -0.39 is 0 Å². The average molecular weight is 468 g/mol. The average Bonchev–Trinajstić information content (AvgIpc) is 3.29. The highest BCUT2D eigenvalue weighted by molar-refractivity contribution is 7.09. The molecule has 0 spiro atoms. The number of aryl methyl sites for hydroxylation is 1. The van der Waals surface area contributed by atoms with E-state index in [1.807, 2.05) is 43.3 Å². The van der Waals surface area contributed by atoms with E-state index in [0.717, 1.165) is 16.8 Å². The molecule has 2 amide bonds. The number of rotatable bonds is 8. The lowest BCUT2D eigenvalue weighted by Gasteiger charge is -2.29.